The van der Waals surface area contributed by atoms with E-state index in [1.807, 2.05) is 32.9 Å². The summed E-state index contributed by atoms with van der Waals surface area (Å²) < 4.78 is 5.82. The van der Waals surface area contributed by atoms with Crippen molar-refractivity contribution in [1.82, 2.24) is 15.1 Å². The number of aldehydes is 1. The maximum atomic E-state index is 13.1. The molecule has 5 atom stereocenters. The summed E-state index contributed by atoms with van der Waals surface area (Å²) in [5, 5.41) is 14.3. The van der Waals surface area contributed by atoms with Gasteiger partial charge in [0.25, 0.3) is 0 Å². The van der Waals surface area contributed by atoms with Gasteiger partial charge in [-0.3, -0.25) is 14.6 Å². The molecule has 0 radical (unpaired) electrons. The molecule has 196 valence electrons. The van der Waals surface area contributed by atoms with Crippen LogP contribution in [-0.4, -0.2) is 64.2 Å². The van der Waals surface area contributed by atoms with E-state index in [-0.39, 0.29) is 12.5 Å². The summed E-state index contributed by atoms with van der Waals surface area (Å²) in [6.45, 7) is 7.07. The lowest BCUT2D eigenvalue weighted by Crippen LogP contribution is -2.58. The molecule has 4 rings (SSSR count). The Morgan fingerprint density at radius 3 is 2.69 bits per heavy atom. The van der Waals surface area contributed by atoms with Gasteiger partial charge in [-0.2, -0.15) is 0 Å². The van der Waals surface area contributed by atoms with Crippen LogP contribution in [0.1, 0.15) is 76.0 Å². The van der Waals surface area contributed by atoms with Gasteiger partial charge in [0, 0.05) is 25.9 Å². The molecule has 2 N–H and O–H groups in total. The van der Waals surface area contributed by atoms with Crippen molar-refractivity contribution in [3.63, 3.8) is 0 Å². The van der Waals surface area contributed by atoms with Crippen molar-refractivity contribution >= 4 is 24.4 Å². The summed E-state index contributed by atoms with van der Waals surface area (Å²) >= 11 is 0. The lowest BCUT2D eigenvalue weighted by atomic mass is 9.84. The van der Waals surface area contributed by atoms with Crippen molar-refractivity contribution in [3.05, 3.63) is 41.0 Å². The van der Waals surface area contributed by atoms with Crippen LogP contribution in [-0.2, 0) is 27.4 Å². The highest BCUT2D eigenvalue weighted by molar-refractivity contribution is 5.76. The topological polar surface area (TPSA) is 99.2 Å². The number of aliphatic hydroxyl groups is 1. The fourth-order valence-corrected chi connectivity index (χ4v) is 5.43. The average molecular weight is 498 g/mol. The maximum Gasteiger partial charge on any atom is 0.410 e. The molecule has 1 saturated heterocycles. The van der Waals surface area contributed by atoms with Gasteiger partial charge >= 0.3 is 6.09 Å². The number of carbonyl (C=O) groups excluding carboxylic acids is 3. The third-order valence-electron chi connectivity index (χ3n) is 7.51. The van der Waals surface area contributed by atoms with Crippen LogP contribution in [0.4, 0.5) is 4.79 Å². The molecule has 36 heavy (non-hydrogen) atoms. The lowest BCUT2D eigenvalue weighted by molar-refractivity contribution is -0.129. The fraction of sp³-hybridized carbons (Fsp3) is 0.607. The number of amides is 2. The molecular weight excluding hydrogens is 458 g/mol. The highest BCUT2D eigenvalue weighted by Crippen LogP contribution is 2.31. The van der Waals surface area contributed by atoms with E-state index in [1.165, 1.54) is 0 Å². The number of ether oxygens (including phenoxy) is 1. The minimum atomic E-state index is -1.08. The summed E-state index contributed by atoms with van der Waals surface area (Å²) in [6, 6.07) is 4.94. The van der Waals surface area contributed by atoms with Crippen molar-refractivity contribution < 1.29 is 24.2 Å². The normalized spacial score (nSPS) is 30.9. The number of aliphatic hydroxyl groups excluding tert-OH is 1. The van der Waals surface area contributed by atoms with Crippen molar-refractivity contribution in [3.8, 4) is 0 Å². The Balaban J connectivity index is 1.56. The highest BCUT2D eigenvalue weighted by Gasteiger charge is 2.44. The van der Waals surface area contributed by atoms with Crippen LogP contribution < -0.4 is 5.32 Å². The van der Waals surface area contributed by atoms with Gasteiger partial charge in [0.15, 0.2) is 0 Å². The minimum Gasteiger partial charge on any atom is -0.445 e. The molecule has 8 nitrogen and oxygen atoms in total. The van der Waals surface area contributed by atoms with Crippen molar-refractivity contribution in [2.24, 2.45) is 5.41 Å². The zero-order chi connectivity index (χ0) is 25.9. The summed E-state index contributed by atoms with van der Waals surface area (Å²) in [4.78, 5) is 41.0. The van der Waals surface area contributed by atoms with Gasteiger partial charge in [0.1, 0.15) is 18.6 Å². The Bertz CT molecular complexity index is 1000. The van der Waals surface area contributed by atoms with Crippen LogP contribution >= 0.6 is 0 Å². The first-order valence-electron chi connectivity index (χ1n) is 13.1. The second-order valence-corrected chi connectivity index (χ2v) is 11.3. The SMILES string of the molecule is CC(C)(C)[C@@H]1NC(=O)CCCCC/C=C/c2cccc3c2CN(C3)C(=O)O[C@@H]2C[C@@H](C=O)N(C2)C1O. The number of allylic oxidation sites excluding steroid dienone is 1. The van der Waals surface area contributed by atoms with Crippen LogP contribution in [0.5, 0.6) is 0 Å². The molecule has 0 aromatic heterocycles. The van der Waals surface area contributed by atoms with Crippen molar-refractivity contribution in [2.75, 3.05) is 6.54 Å². The van der Waals surface area contributed by atoms with E-state index in [2.05, 4.69) is 23.5 Å². The second kappa shape index (κ2) is 11.1. The van der Waals surface area contributed by atoms with E-state index in [1.54, 1.807) is 9.80 Å². The van der Waals surface area contributed by atoms with Crippen molar-refractivity contribution in [2.45, 2.75) is 96.8 Å². The quantitative estimate of drug-likeness (QED) is 0.575. The summed E-state index contributed by atoms with van der Waals surface area (Å²) in [6.07, 6.45) is 7.38. The molecular formula is C28H39N3O5. The van der Waals surface area contributed by atoms with Crippen LogP contribution in [0.15, 0.2) is 24.3 Å². The predicted octanol–water partition coefficient (Wildman–Crippen LogP) is 3.61. The number of nitrogens with one attached hydrogen (secondary N) is 1. The number of hydrogen-bond donors (Lipinski definition) is 2. The molecule has 1 fully saturated rings. The Hall–Kier alpha value is -2.71. The maximum absolute atomic E-state index is 13.1. The smallest absolute Gasteiger partial charge is 0.410 e. The molecule has 0 saturated carbocycles. The molecule has 0 aliphatic carbocycles. The number of nitrogens with zero attached hydrogens (tertiary/aromatic N) is 2. The average Bonchev–Trinajstić information content (AvgIpc) is 3.45. The molecule has 3 heterocycles. The Labute approximate surface area is 213 Å². The first-order chi connectivity index (χ1) is 17.2. The Morgan fingerprint density at radius 2 is 1.94 bits per heavy atom. The molecule has 4 bridgehead atoms. The van der Waals surface area contributed by atoms with Crippen LogP contribution in [0.3, 0.4) is 0 Å². The number of carbonyl (C=O) groups is 3. The highest BCUT2D eigenvalue weighted by atomic mass is 16.6. The Morgan fingerprint density at radius 1 is 1.14 bits per heavy atom. The van der Waals surface area contributed by atoms with Gasteiger partial charge in [0.2, 0.25) is 5.91 Å². The largest absolute Gasteiger partial charge is 0.445 e. The zero-order valence-corrected chi connectivity index (χ0v) is 21.6. The van der Waals surface area contributed by atoms with Crippen LogP contribution in [0.25, 0.3) is 6.08 Å². The molecule has 3 aliphatic heterocycles. The molecule has 8 heteroatoms. The van der Waals surface area contributed by atoms with Crippen molar-refractivity contribution in [1.29, 1.82) is 0 Å². The molecule has 1 aromatic carbocycles. The number of fused-ring (bicyclic) bond motifs is 3. The molecule has 0 spiro atoms. The molecule has 1 aromatic rings. The standard InChI is InChI=1S/C28H39N3O5/c1-28(2,3)25-26(34)31-16-22(14-21(31)18-32)36-27(35)30-15-20-12-9-11-19(23(20)17-30)10-7-5-4-6-8-13-24(33)29-25/h7,9-12,18,21-22,25-26,34H,4-6,8,13-17H2,1-3H3,(H,29,33)/b10-7+/t21-,22+,25+,26?/m0/s1. The number of rotatable bonds is 1. The van der Waals surface area contributed by atoms with E-state index < -0.39 is 35.9 Å². The van der Waals surface area contributed by atoms with Crippen LogP contribution in [0, 0.1) is 5.41 Å². The number of benzene rings is 1. The molecule has 3 aliphatic rings. The zero-order valence-electron chi connectivity index (χ0n) is 21.6. The fourth-order valence-electron chi connectivity index (χ4n) is 5.43. The van der Waals surface area contributed by atoms with Gasteiger partial charge in [-0.1, -0.05) is 57.5 Å². The van der Waals surface area contributed by atoms with Gasteiger partial charge in [-0.25, -0.2) is 4.79 Å². The summed E-state index contributed by atoms with van der Waals surface area (Å²) in [7, 11) is 0. The second-order valence-electron chi connectivity index (χ2n) is 11.3. The first kappa shape index (κ1) is 26.4. The third-order valence-corrected chi connectivity index (χ3v) is 7.51. The van der Waals surface area contributed by atoms with E-state index in [4.69, 9.17) is 4.74 Å². The van der Waals surface area contributed by atoms with Gasteiger partial charge in [-0.15, -0.1) is 0 Å². The molecule has 2 unspecified atom stereocenters. The third kappa shape index (κ3) is 5.98. The Kier molecular flexibility index (Phi) is 8.15. The monoisotopic (exact) mass is 497 g/mol. The number of hydrogen-bond acceptors (Lipinski definition) is 6. The lowest BCUT2D eigenvalue weighted by Gasteiger charge is -2.40. The molecule has 2 amide bonds. The predicted molar refractivity (Wildman–Crippen MR) is 137 cm³/mol. The van der Waals surface area contributed by atoms with E-state index >= 15 is 0 Å². The van der Waals surface area contributed by atoms with Crippen LogP contribution in [0.2, 0.25) is 0 Å². The van der Waals surface area contributed by atoms with Gasteiger partial charge < -0.3 is 20.0 Å². The van der Waals surface area contributed by atoms with E-state index in [0.29, 0.717) is 25.9 Å². The van der Waals surface area contributed by atoms with Gasteiger partial charge in [0.05, 0.1) is 18.6 Å². The van der Waals surface area contributed by atoms with E-state index in [0.717, 1.165) is 48.7 Å². The first-order valence-corrected chi connectivity index (χ1v) is 13.1. The van der Waals surface area contributed by atoms with E-state index in [9.17, 15) is 19.5 Å². The van der Waals surface area contributed by atoms with Gasteiger partial charge in [-0.05, 0) is 41.4 Å². The minimum absolute atomic E-state index is 0.105. The summed E-state index contributed by atoms with van der Waals surface area (Å²) in [5.41, 5.74) is 2.92. The summed E-state index contributed by atoms with van der Waals surface area (Å²) in [5.74, 6) is -0.105.